The topological polar surface area (TPSA) is 135 Å². The summed E-state index contributed by atoms with van der Waals surface area (Å²) in [6.07, 6.45) is 1.37. The molecular weight excluding hydrogens is 532 g/mol. The normalized spacial score (nSPS) is 15.8. The number of halogens is 1. The fraction of sp³-hybridized carbons (Fsp3) is 0.345. The van der Waals surface area contributed by atoms with Crippen molar-refractivity contribution in [3.8, 4) is 11.8 Å². The first-order valence-electron chi connectivity index (χ1n) is 12.9. The number of anilines is 1. The molecule has 10 nitrogen and oxygen atoms in total. The number of H-pyrrole nitrogens is 1. The highest BCUT2D eigenvalue weighted by atomic mass is 35.5. The van der Waals surface area contributed by atoms with Gasteiger partial charge < -0.3 is 24.6 Å². The quantitative estimate of drug-likeness (QED) is 0.188. The van der Waals surface area contributed by atoms with Crippen LogP contribution in [0.1, 0.15) is 38.3 Å². The number of nitriles is 1. The molecule has 2 aromatic carbocycles. The van der Waals surface area contributed by atoms with Gasteiger partial charge in [-0.3, -0.25) is 4.79 Å². The van der Waals surface area contributed by atoms with E-state index >= 15 is 0 Å². The Bertz CT molecular complexity index is 1650. The molecular formula is C29H29ClN6O4. The number of esters is 1. The van der Waals surface area contributed by atoms with Crippen LogP contribution >= 0.6 is 11.6 Å². The molecule has 0 saturated carbocycles. The van der Waals surface area contributed by atoms with E-state index in [1.807, 2.05) is 68.3 Å². The number of amides is 1. The number of fused-ring (bicyclic) bond motifs is 2. The number of aromatic amines is 1. The van der Waals surface area contributed by atoms with Crippen LogP contribution in [0.3, 0.4) is 0 Å². The SMILES string of the molecule is CC(C)(C)C(=O)Oc1cc(Cc2c[nH]c3c(N4CCN(C(=O)O)[C@@H](CC#N)C4)nc(Cl)nc23)c2ccccc2c1. The Balaban J connectivity index is 1.51. The molecule has 1 amide bonds. The second kappa shape index (κ2) is 10.7. The van der Waals surface area contributed by atoms with Gasteiger partial charge >= 0.3 is 12.1 Å². The first kappa shape index (κ1) is 27.2. The van der Waals surface area contributed by atoms with Gasteiger partial charge in [0.15, 0.2) is 5.82 Å². The van der Waals surface area contributed by atoms with Crippen molar-refractivity contribution in [3.05, 3.63) is 59.0 Å². The molecule has 3 heterocycles. The summed E-state index contributed by atoms with van der Waals surface area (Å²) in [6.45, 7) is 6.39. The van der Waals surface area contributed by atoms with Crippen molar-refractivity contribution in [2.75, 3.05) is 24.5 Å². The number of piperazine rings is 1. The standard InChI is InChI=1S/C29H29ClN6O4/c1-29(2,3)26(37)40-21-13-17-6-4-5-7-22(17)18(14-21)12-19-15-32-24-23(19)33-27(30)34-25(24)35-10-11-36(28(38)39)20(16-35)8-9-31/h4-7,13-15,20,32H,8,10-12,16H2,1-3H3,(H,38,39)/t20-/m0/s1. The molecule has 1 aliphatic heterocycles. The van der Waals surface area contributed by atoms with E-state index in [1.165, 1.54) is 4.90 Å². The lowest BCUT2D eigenvalue weighted by molar-refractivity contribution is -0.142. The zero-order valence-electron chi connectivity index (χ0n) is 22.4. The first-order valence-corrected chi connectivity index (χ1v) is 13.3. The highest BCUT2D eigenvalue weighted by molar-refractivity contribution is 6.28. The van der Waals surface area contributed by atoms with Crippen LogP contribution in [-0.2, 0) is 11.2 Å². The van der Waals surface area contributed by atoms with Crippen LogP contribution in [0.5, 0.6) is 5.75 Å². The highest BCUT2D eigenvalue weighted by Crippen LogP contribution is 2.33. The van der Waals surface area contributed by atoms with Gasteiger partial charge in [0, 0.05) is 37.8 Å². The molecule has 11 heteroatoms. The molecule has 2 aromatic heterocycles. The molecule has 1 atom stereocenters. The lowest BCUT2D eigenvalue weighted by Gasteiger charge is -2.39. The van der Waals surface area contributed by atoms with Crippen LogP contribution in [0.15, 0.2) is 42.6 Å². The van der Waals surface area contributed by atoms with Crippen molar-refractivity contribution in [1.29, 1.82) is 5.26 Å². The number of benzene rings is 2. The second-order valence-electron chi connectivity index (χ2n) is 10.9. The number of ether oxygens (including phenoxy) is 1. The molecule has 0 spiro atoms. The Morgan fingerprint density at radius 3 is 2.70 bits per heavy atom. The van der Waals surface area contributed by atoms with Gasteiger partial charge in [-0.05, 0) is 60.8 Å². The zero-order valence-corrected chi connectivity index (χ0v) is 23.2. The highest BCUT2D eigenvalue weighted by Gasteiger charge is 2.32. The van der Waals surface area contributed by atoms with Gasteiger partial charge in [-0.25, -0.2) is 9.78 Å². The maximum Gasteiger partial charge on any atom is 0.407 e. The first-order chi connectivity index (χ1) is 19.0. The Morgan fingerprint density at radius 1 is 1.20 bits per heavy atom. The molecule has 2 N–H and O–H groups in total. The second-order valence-corrected chi connectivity index (χ2v) is 11.2. The number of aromatic nitrogens is 3. The molecule has 0 aliphatic carbocycles. The third-order valence-electron chi connectivity index (χ3n) is 7.04. The summed E-state index contributed by atoms with van der Waals surface area (Å²) >= 11 is 6.39. The summed E-state index contributed by atoms with van der Waals surface area (Å²) in [7, 11) is 0. The predicted molar refractivity (Wildman–Crippen MR) is 152 cm³/mol. The smallest absolute Gasteiger partial charge is 0.407 e. The molecule has 1 saturated heterocycles. The van der Waals surface area contributed by atoms with Gasteiger partial charge in [-0.15, -0.1) is 0 Å². The monoisotopic (exact) mass is 560 g/mol. The Hall–Kier alpha value is -4.36. The summed E-state index contributed by atoms with van der Waals surface area (Å²) in [5.41, 5.74) is 2.51. The maximum absolute atomic E-state index is 12.6. The molecule has 40 heavy (non-hydrogen) atoms. The molecule has 1 fully saturated rings. The number of nitrogens with one attached hydrogen (secondary N) is 1. The number of rotatable bonds is 5. The molecule has 0 bridgehead atoms. The number of carbonyl (C=O) groups excluding carboxylic acids is 1. The summed E-state index contributed by atoms with van der Waals surface area (Å²) in [5, 5.41) is 20.8. The summed E-state index contributed by atoms with van der Waals surface area (Å²) in [4.78, 5) is 39.8. The molecule has 4 aromatic rings. The van der Waals surface area contributed by atoms with Gasteiger partial charge in [0.1, 0.15) is 11.3 Å². The van der Waals surface area contributed by atoms with E-state index in [1.54, 1.807) is 0 Å². The van der Waals surface area contributed by atoms with Crippen LogP contribution in [-0.4, -0.2) is 62.7 Å². The van der Waals surface area contributed by atoms with Crippen LogP contribution in [0.25, 0.3) is 21.8 Å². The number of carboxylic acid groups (broad SMARTS) is 1. The van der Waals surface area contributed by atoms with Gasteiger partial charge in [0.25, 0.3) is 0 Å². The van der Waals surface area contributed by atoms with Gasteiger partial charge in [0.2, 0.25) is 5.28 Å². The lowest BCUT2D eigenvalue weighted by Crippen LogP contribution is -2.55. The molecule has 0 radical (unpaired) electrons. The Morgan fingerprint density at radius 2 is 1.98 bits per heavy atom. The minimum Gasteiger partial charge on any atom is -0.465 e. The van der Waals surface area contributed by atoms with E-state index in [-0.39, 0.29) is 24.2 Å². The lowest BCUT2D eigenvalue weighted by atomic mass is 9.97. The number of hydrogen-bond acceptors (Lipinski definition) is 7. The van der Waals surface area contributed by atoms with E-state index in [0.717, 1.165) is 21.9 Å². The molecule has 5 rings (SSSR count). The maximum atomic E-state index is 12.6. The van der Waals surface area contributed by atoms with Crippen molar-refractivity contribution in [2.45, 2.75) is 39.7 Å². The van der Waals surface area contributed by atoms with Gasteiger partial charge in [-0.1, -0.05) is 24.3 Å². The third-order valence-corrected chi connectivity index (χ3v) is 7.21. The average molecular weight is 561 g/mol. The summed E-state index contributed by atoms with van der Waals surface area (Å²) in [5.74, 6) is 0.719. The predicted octanol–water partition coefficient (Wildman–Crippen LogP) is 5.39. The number of carbonyl (C=O) groups is 2. The van der Waals surface area contributed by atoms with E-state index in [2.05, 4.69) is 21.0 Å². The van der Waals surface area contributed by atoms with Crippen molar-refractivity contribution < 1.29 is 19.4 Å². The molecule has 1 aliphatic rings. The molecule has 0 unspecified atom stereocenters. The van der Waals surface area contributed by atoms with Crippen molar-refractivity contribution in [3.63, 3.8) is 0 Å². The number of nitrogens with zero attached hydrogens (tertiary/aromatic N) is 5. The van der Waals surface area contributed by atoms with Crippen molar-refractivity contribution in [2.24, 2.45) is 5.41 Å². The molecule has 206 valence electrons. The average Bonchev–Trinajstić information content (AvgIpc) is 3.30. The number of hydrogen-bond donors (Lipinski definition) is 2. The van der Waals surface area contributed by atoms with Gasteiger partial charge in [-0.2, -0.15) is 10.2 Å². The fourth-order valence-corrected chi connectivity index (χ4v) is 5.15. The summed E-state index contributed by atoms with van der Waals surface area (Å²) < 4.78 is 5.74. The largest absolute Gasteiger partial charge is 0.465 e. The van der Waals surface area contributed by atoms with Crippen LogP contribution in [0.2, 0.25) is 5.28 Å². The summed E-state index contributed by atoms with van der Waals surface area (Å²) in [6, 6.07) is 13.3. The van der Waals surface area contributed by atoms with Gasteiger partial charge in [0.05, 0.1) is 29.5 Å². The van der Waals surface area contributed by atoms with E-state index in [9.17, 15) is 20.0 Å². The zero-order chi connectivity index (χ0) is 28.6. The Kier molecular flexibility index (Phi) is 7.25. The van der Waals surface area contributed by atoms with Crippen LogP contribution < -0.4 is 9.64 Å². The van der Waals surface area contributed by atoms with Crippen molar-refractivity contribution >= 4 is 51.3 Å². The van der Waals surface area contributed by atoms with E-state index < -0.39 is 17.6 Å². The minimum atomic E-state index is -1.05. The van der Waals surface area contributed by atoms with E-state index in [0.29, 0.717) is 42.1 Å². The Labute approximate surface area is 236 Å². The minimum absolute atomic E-state index is 0.0681. The van der Waals surface area contributed by atoms with Crippen LogP contribution in [0.4, 0.5) is 10.6 Å². The van der Waals surface area contributed by atoms with Crippen LogP contribution in [0, 0.1) is 16.7 Å². The third kappa shape index (κ3) is 5.38. The van der Waals surface area contributed by atoms with Crippen molar-refractivity contribution in [1.82, 2.24) is 19.9 Å². The fourth-order valence-electron chi connectivity index (χ4n) is 4.99. The van der Waals surface area contributed by atoms with E-state index in [4.69, 9.17) is 16.3 Å².